The molecule has 1 aromatic rings. The van der Waals surface area contributed by atoms with Crippen molar-refractivity contribution in [3.05, 3.63) is 18.0 Å². The minimum Gasteiger partial charge on any atom is -0.324 e. The summed E-state index contributed by atoms with van der Waals surface area (Å²) < 4.78 is 36.5. The number of carbonyl (C=O) groups excluding carboxylic acids is 1. The zero-order valence-electron chi connectivity index (χ0n) is 7.08. The van der Waals surface area contributed by atoms with Crippen LogP contribution in [-0.2, 0) is 6.54 Å². The molecule has 0 saturated carbocycles. The van der Waals surface area contributed by atoms with Crippen LogP contribution >= 0.6 is 0 Å². The molecule has 0 amide bonds. The van der Waals surface area contributed by atoms with E-state index in [0.29, 0.717) is 4.68 Å². The van der Waals surface area contributed by atoms with Crippen molar-refractivity contribution in [1.29, 1.82) is 0 Å². The average Bonchev–Trinajstić information content (AvgIpc) is 2.48. The lowest BCUT2D eigenvalue weighted by atomic mass is 10.3. The van der Waals surface area contributed by atoms with E-state index in [9.17, 15) is 18.0 Å². The predicted octanol–water partition coefficient (Wildman–Crippen LogP) is 0.587. The van der Waals surface area contributed by atoms with Crippen molar-refractivity contribution in [3.63, 3.8) is 0 Å². The van der Waals surface area contributed by atoms with E-state index in [1.807, 2.05) is 0 Å². The molecular formula is C7H8F3N3O. The summed E-state index contributed by atoms with van der Waals surface area (Å²) in [6.07, 6.45) is -3.26. The highest BCUT2D eigenvalue weighted by Gasteiger charge is 2.30. The highest BCUT2D eigenvalue weighted by atomic mass is 19.4. The van der Waals surface area contributed by atoms with Crippen molar-refractivity contribution in [2.24, 2.45) is 5.73 Å². The van der Waals surface area contributed by atoms with Crippen LogP contribution in [0.4, 0.5) is 13.2 Å². The molecule has 14 heavy (non-hydrogen) atoms. The van der Waals surface area contributed by atoms with Gasteiger partial charge in [0.05, 0.1) is 6.54 Å². The van der Waals surface area contributed by atoms with Crippen LogP contribution in [0.1, 0.15) is 10.5 Å². The maximum atomic E-state index is 12.0. The molecule has 0 aliphatic rings. The number of halogens is 3. The molecule has 0 aliphatic carbocycles. The van der Waals surface area contributed by atoms with Gasteiger partial charge in [0.2, 0.25) is 0 Å². The second kappa shape index (κ2) is 3.79. The molecule has 0 saturated heterocycles. The molecule has 0 aliphatic heterocycles. The molecule has 7 heteroatoms. The standard InChI is InChI=1S/C7H8F3N3O/c8-7(9,10)4-13-5(1-2-12-13)6(14)3-11/h1-2H,3-4,11H2. The monoisotopic (exact) mass is 207 g/mol. The van der Waals surface area contributed by atoms with Crippen LogP contribution in [0.5, 0.6) is 0 Å². The fraction of sp³-hybridized carbons (Fsp3) is 0.429. The van der Waals surface area contributed by atoms with E-state index < -0.39 is 18.5 Å². The molecule has 2 N–H and O–H groups in total. The SMILES string of the molecule is NCC(=O)c1ccnn1CC(F)(F)F. The smallest absolute Gasteiger partial charge is 0.324 e. The molecule has 1 rings (SSSR count). The van der Waals surface area contributed by atoms with Gasteiger partial charge in [-0.1, -0.05) is 0 Å². The topological polar surface area (TPSA) is 60.9 Å². The summed E-state index contributed by atoms with van der Waals surface area (Å²) in [7, 11) is 0. The van der Waals surface area contributed by atoms with Gasteiger partial charge in [0.15, 0.2) is 5.78 Å². The molecule has 0 fully saturated rings. The molecule has 0 aromatic carbocycles. The fourth-order valence-corrected chi connectivity index (χ4v) is 0.970. The van der Waals surface area contributed by atoms with Gasteiger partial charge < -0.3 is 5.73 Å². The molecule has 0 atom stereocenters. The highest BCUT2D eigenvalue weighted by Crippen LogP contribution is 2.17. The summed E-state index contributed by atoms with van der Waals surface area (Å²) >= 11 is 0. The Morgan fingerprint density at radius 1 is 1.57 bits per heavy atom. The van der Waals surface area contributed by atoms with Gasteiger partial charge >= 0.3 is 6.18 Å². The lowest BCUT2D eigenvalue weighted by molar-refractivity contribution is -0.142. The van der Waals surface area contributed by atoms with Crippen LogP contribution in [0.2, 0.25) is 0 Å². The quantitative estimate of drug-likeness (QED) is 0.738. The van der Waals surface area contributed by atoms with Crippen LogP contribution in [0, 0.1) is 0 Å². The second-order valence-electron chi connectivity index (χ2n) is 2.62. The van der Waals surface area contributed by atoms with Gasteiger partial charge in [0.1, 0.15) is 12.2 Å². The molecular weight excluding hydrogens is 199 g/mol. The lowest BCUT2D eigenvalue weighted by Crippen LogP contribution is -2.24. The number of carbonyl (C=O) groups is 1. The van der Waals surface area contributed by atoms with Gasteiger partial charge in [-0.2, -0.15) is 18.3 Å². The van der Waals surface area contributed by atoms with Crippen LogP contribution < -0.4 is 5.73 Å². The van der Waals surface area contributed by atoms with Gasteiger partial charge in [-0.15, -0.1) is 0 Å². The summed E-state index contributed by atoms with van der Waals surface area (Å²) in [6, 6.07) is 1.21. The van der Waals surface area contributed by atoms with E-state index in [1.165, 1.54) is 6.07 Å². The number of Topliss-reactive ketones (excluding diaryl/α,β-unsaturated/α-hetero) is 1. The Labute approximate surface area is 77.5 Å². The zero-order chi connectivity index (χ0) is 10.8. The molecule has 4 nitrogen and oxygen atoms in total. The number of hydrogen-bond acceptors (Lipinski definition) is 3. The first-order valence-electron chi connectivity index (χ1n) is 3.76. The zero-order valence-corrected chi connectivity index (χ0v) is 7.08. The van der Waals surface area contributed by atoms with Gasteiger partial charge in [0.25, 0.3) is 0 Å². The van der Waals surface area contributed by atoms with Crippen molar-refractivity contribution in [1.82, 2.24) is 9.78 Å². The molecule has 1 heterocycles. The van der Waals surface area contributed by atoms with E-state index in [4.69, 9.17) is 5.73 Å². The maximum Gasteiger partial charge on any atom is 0.408 e. The minimum atomic E-state index is -4.39. The van der Waals surface area contributed by atoms with Gasteiger partial charge in [-0.3, -0.25) is 9.48 Å². The van der Waals surface area contributed by atoms with Crippen LogP contribution in [0.15, 0.2) is 12.3 Å². The van der Waals surface area contributed by atoms with Crippen molar-refractivity contribution >= 4 is 5.78 Å². The van der Waals surface area contributed by atoms with Crippen molar-refractivity contribution in [2.75, 3.05) is 6.54 Å². The molecule has 78 valence electrons. The van der Waals surface area contributed by atoms with Crippen LogP contribution in [-0.4, -0.2) is 28.3 Å². The summed E-state index contributed by atoms with van der Waals surface area (Å²) in [4.78, 5) is 11.0. The van der Waals surface area contributed by atoms with E-state index >= 15 is 0 Å². The van der Waals surface area contributed by atoms with Crippen molar-refractivity contribution < 1.29 is 18.0 Å². The molecule has 0 unspecified atom stereocenters. The van der Waals surface area contributed by atoms with Crippen molar-refractivity contribution in [3.8, 4) is 0 Å². The normalized spacial score (nSPS) is 11.7. The number of nitrogens with two attached hydrogens (primary N) is 1. The third kappa shape index (κ3) is 2.56. The van der Waals surface area contributed by atoms with E-state index in [-0.39, 0.29) is 12.2 Å². The lowest BCUT2D eigenvalue weighted by Gasteiger charge is -2.08. The Morgan fingerprint density at radius 3 is 2.71 bits per heavy atom. The Bertz CT molecular complexity index is 331. The van der Waals surface area contributed by atoms with Crippen LogP contribution in [0.3, 0.4) is 0 Å². The summed E-state index contributed by atoms with van der Waals surface area (Å²) in [5.74, 6) is -0.563. The number of hydrogen-bond donors (Lipinski definition) is 1. The Kier molecular flexibility index (Phi) is 2.90. The number of ketones is 1. The number of aromatic nitrogens is 2. The van der Waals surface area contributed by atoms with E-state index in [0.717, 1.165) is 6.20 Å². The molecule has 0 bridgehead atoms. The molecule has 1 aromatic heterocycles. The summed E-state index contributed by atoms with van der Waals surface area (Å²) in [6.45, 7) is -1.61. The first-order chi connectivity index (χ1) is 6.44. The van der Waals surface area contributed by atoms with Gasteiger partial charge in [0, 0.05) is 6.20 Å². The minimum absolute atomic E-state index is 0.121. The third-order valence-electron chi connectivity index (χ3n) is 1.52. The number of nitrogens with zero attached hydrogens (tertiary/aromatic N) is 2. The fourth-order valence-electron chi connectivity index (χ4n) is 0.970. The number of rotatable bonds is 3. The average molecular weight is 207 g/mol. The van der Waals surface area contributed by atoms with Crippen LogP contribution in [0.25, 0.3) is 0 Å². The van der Waals surface area contributed by atoms with E-state index in [1.54, 1.807) is 0 Å². The first-order valence-corrected chi connectivity index (χ1v) is 3.76. The highest BCUT2D eigenvalue weighted by molar-refractivity contribution is 5.95. The third-order valence-corrected chi connectivity index (χ3v) is 1.52. The predicted molar refractivity (Wildman–Crippen MR) is 41.7 cm³/mol. The molecule has 0 spiro atoms. The van der Waals surface area contributed by atoms with Gasteiger partial charge in [-0.05, 0) is 6.07 Å². The molecule has 0 radical (unpaired) electrons. The summed E-state index contributed by atoms with van der Waals surface area (Å²) in [5, 5.41) is 3.39. The Balaban J connectivity index is 2.88. The Morgan fingerprint density at radius 2 is 2.21 bits per heavy atom. The maximum absolute atomic E-state index is 12.0. The van der Waals surface area contributed by atoms with E-state index in [2.05, 4.69) is 5.10 Å². The summed E-state index contributed by atoms with van der Waals surface area (Å²) in [5.41, 5.74) is 4.90. The Hall–Kier alpha value is -1.37. The number of alkyl halides is 3. The van der Waals surface area contributed by atoms with Crippen molar-refractivity contribution in [2.45, 2.75) is 12.7 Å². The second-order valence-corrected chi connectivity index (χ2v) is 2.62. The van der Waals surface area contributed by atoms with Gasteiger partial charge in [-0.25, -0.2) is 0 Å². The first kappa shape index (κ1) is 10.7. The largest absolute Gasteiger partial charge is 0.408 e.